The van der Waals surface area contributed by atoms with Crippen LogP contribution in [0.2, 0.25) is 0 Å². The number of para-hydroxylation sites is 1. The zero-order chi connectivity index (χ0) is 26.0. The van der Waals surface area contributed by atoms with Crippen LogP contribution in [0.15, 0.2) is 110 Å². The molecule has 0 spiro atoms. The Morgan fingerprint density at radius 3 is 2.46 bits per heavy atom. The SMILES string of the molecule is c1ccc(CNCc2cncc(-c3ccc4[nH]nc(-c5nc6c(-c7cccnc7)cccc6[nH]5)c4c3)c2)cc1. The average Bonchev–Trinajstić information content (AvgIpc) is 3.62. The van der Waals surface area contributed by atoms with E-state index in [2.05, 4.69) is 85.1 Å². The van der Waals surface area contributed by atoms with Crippen LogP contribution in [-0.2, 0) is 13.1 Å². The molecule has 7 heteroatoms. The summed E-state index contributed by atoms with van der Waals surface area (Å²) in [5.74, 6) is 0.724. The average molecular weight is 508 g/mol. The van der Waals surface area contributed by atoms with Gasteiger partial charge in [-0.15, -0.1) is 0 Å². The number of benzene rings is 3. The van der Waals surface area contributed by atoms with Crippen molar-refractivity contribution in [3.63, 3.8) is 0 Å². The summed E-state index contributed by atoms with van der Waals surface area (Å²) in [6.45, 7) is 1.56. The molecule has 0 aliphatic rings. The van der Waals surface area contributed by atoms with E-state index in [4.69, 9.17) is 4.98 Å². The summed E-state index contributed by atoms with van der Waals surface area (Å²) in [6.07, 6.45) is 7.46. The maximum Gasteiger partial charge on any atom is 0.159 e. The Morgan fingerprint density at radius 1 is 0.667 bits per heavy atom. The molecule has 0 saturated heterocycles. The van der Waals surface area contributed by atoms with Gasteiger partial charge in [-0.3, -0.25) is 15.1 Å². The van der Waals surface area contributed by atoms with Gasteiger partial charge in [0, 0.05) is 60.0 Å². The van der Waals surface area contributed by atoms with Gasteiger partial charge in [0.15, 0.2) is 5.82 Å². The molecule has 4 heterocycles. The molecule has 0 unspecified atom stereocenters. The van der Waals surface area contributed by atoms with Crippen molar-refractivity contribution in [3.8, 4) is 33.8 Å². The highest BCUT2D eigenvalue weighted by Crippen LogP contribution is 2.33. The number of nitrogens with one attached hydrogen (secondary N) is 3. The van der Waals surface area contributed by atoms with Gasteiger partial charge in [-0.2, -0.15) is 5.10 Å². The Balaban J connectivity index is 1.20. The number of hydrogen-bond acceptors (Lipinski definition) is 5. The van der Waals surface area contributed by atoms with Crippen molar-refractivity contribution < 1.29 is 0 Å². The van der Waals surface area contributed by atoms with Crippen LogP contribution in [0.25, 0.3) is 55.7 Å². The standard InChI is InChI=1S/C32H25N7/c1-2-6-21(7-3-1)16-34-17-22-14-25(20-35-18-22)23-11-12-28-27(15-23)31(39-38-28)32-36-29-10-4-9-26(30(29)37-32)24-8-5-13-33-19-24/h1-15,18-20,34H,16-17H2,(H,36,37)(H,38,39). The molecule has 39 heavy (non-hydrogen) atoms. The molecule has 7 nitrogen and oxygen atoms in total. The van der Waals surface area contributed by atoms with Crippen LogP contribution >= 0.6 is 0 Å². The topological polar surface area (TPSA) is 95.2 Å². The minimum absolute atomic E-state index is 0.724. The van der Waals surface area contributed by atoms with Gasteiger partial charge < -0.3 is 10.3 Å². The molecule has 188 valence electrons. The second kappa shape index (κ2) is 9.96. The zero-order valence-corrected chi connectivity index (χ0v) is 21.1. The fourth-order valence-electron chi connectivity index (χ4n) is 4.96. The number of aromatic nitrogens is 6. The van der Waals surface area contributed by atoms with Crippen molar-refractivity contribution in [1.82, 2.24) is 35.5 Å². The van der Waals surface area contributed by atoms with Crippen molar-refractivity contribution >= 4 is 21.9 Å². The molecule has 0 radical (unpaired) electrons. The monoisotopic (exact) mass is 507 g/mol. The second-order valence-corrected chi connectivity index (χ2v) is 9.53. The van der Waals surface area contributed by atoms with E-state index in [0.717, 1.165) is 74.4 Å². The predicted octanol–water partition coefficient (Wildman–Crippen LogP) is 6.52. The van der Waals surface area contributed by atoms with Gasteiger partial charge in [0.2, 0.25) is 0 Å². The van der Waals surface area contributed by atoms with E-state index in [0.29, 0.717) is 0 Å². The number of imidazole rings is 1. The Bertz CT molecular complexity index is 1890. The molecule has 7 aromatic rings. The Labute approximate surface area is 225 Å². The number of fused-ring (bicyclic) bond motifs is 2. The van der Waals surface area contributed by atoms with E-state index < -0.39 is 0 Å². The number of aromatic amines is 2. The fourth-order valence-corrected chi connectivity index (χ4v) is 4.96. The normalized spacial score (nSPS) is 11.4. The molecule has 7 rings (SSSR count). The summed E-state index contributed by atoms with van der Waals surface area (Å²) in [5.41, 5.74) is 10.2. The highest BCUT2D eigenvalue weighted by atomic mass is 15.1. The van der Waals surface area contributed by atoms with Gasteiger partial charge in [-0.1, -0.05) is 54.6 Å². The molecule has 0 aliphatic heterocycles. The third-order valence-electron chi connectivity index (χ3n) is 6.90. The van der Waals surface area contributed by atoms with Gasteiger partial charge in [-0.25, -0.2) is 4.98 Å². The quantitative estimate of drug-likeness (QED) is 0.228. The highest BCUT2D eigenvalue weighted by molar-refractivity contribution is 5.98. The van der Waals surface area contributed by atoms with Crippen molar-refractivity contribution in [2.75, 3.05) is 0 Å². The number of nitrogens with zero attached hydrogens (tertiary/aromatic N) is 4. The molecule has 0 aliphatic carbocycles. The first kappa shape index (κ1) is 23.0. The lowest BCUT2D eigenvalue weighted by molar-refractivity contribution is 0.691. The van der Waals surface area contributed by atoms with Gasteiger partial charge >= 0.3 is 0 Å². The Hall–Kier alpha value is -5.14. The van der Waals surface area contributed by atoms with E-state index in [1.165, 1.54) is 5.56 Å². The summed E-state index contributed by atoms with van der Waals surface area (Å²) >= 11 is 0. The Morgan fingerprint density at radius 2 is 1.56 bits per heavy atom. The first-order valence-electron chi connectivity index (χ1n) is 12.9. The first-order valence-corrected chi connectivity index (χ1v) is 12.9. The van der Waals surface area contributed by atoms with Crippen molar-refractivity contribution in [2.24, 2.45) is 0 Å². The van der Waals surface area contributed by atoms with Crippen LogP contribution in [0.3, 0.4) is 0 Å². The molecular weight excluding hydrogens is 482 g/mol. The lowest BCUT2D eigenvalue weighted by atomic mass is 10.0. The molecule has 3 N–H and O–H groups in total. The second-order valence-electron chi connectivity index (χ2n) is 9.53. The molecule has 4 aromatic heterocycles. The smallest absolute Gasteiger partial charge is 0.159 e. The van der Waals surface area contributed by atoms with E-state index in [1.54, 1.807) is 6.20 Å². The third kappa shape index (κ3) is 4.56. The largest absolute Gasteiger partial charge is 0.337 e. The van der Waals surface area contributed by atoms with Crippen LogP contribution < -0.4 is 5.32 Å². The van der Waals surface area contributed by atoms with E-state index in [9.17, 15) is 0 Å². The number of hydrogen-bond donors (Lipinski definition) is 3. The summed E-state index contributed by atoms with van der Waals surface area (Å²) in [6, 6.07) is 29.0. The Kier molecular flexibility index (Phi) is 5.88. The number of H-pyrrole nitrogens is 2. The highest BCUT2D eigenvalue weighted by Gasteiger charge is 2.16. The van der Waals surface area contributed by atoms with Crippen molar-refractivity contribution in [3.05, 3.63) is 121 Å². The maximum atomic E-state index is 4.97. The van der Waals surface area contributed by atoms with Gasteiger partial charge in [0.05, 0.1) is 16.6 Å². The van der Waals surface area contributed by atoms with Crippen molar-refractivity contribution in [2.45, 2.75) is 13.1 Å². The van der Waals surface area contributed by atoms with Crippen LogP contribution in [0.4, 0.5) is 0 Å². The minimum atomic E-state index is 0.724. The number of rotatable bonds is 7. The molecule has 0 fully saturated rings. The van der Waals surface area contributed by atoms with Crippen LogP contribution in [0.5, 0.6) is 0 Å². The van der Waals surface area contributed by atoms with E-state index in [-0.39, 0.29) is 0 Å². The lowest BCUT2D eigenvalue weighted by Gasteiger charge is -2.07. The maximum absolute atomic E-state index is 4.97. The first-order chi connectivity index (χ1) is 19.3. The van der Waals surface area contributed by atoms with E-state index >= 15 is 0 Å². The summed E-state index contributed by atoms with van der Waals surface area (Å²) in [5, 5.41) is 12.3. The molecule has 0 bridgehead atoms. The summed E-state index contributed by atoms with van der Waals surface area (Å²) < 4.78 is 0. The molecule has 0 amide bonds. The molecule has 0 atom stereocenters. The van der Waals surface area contributed by atoms with Gasteiger partial charge in [0.25, 0.3) is 0 Å². The van der Waals surface area contributed by atoms with E-state index in [1.807, 2.05) is 48.9 Å². The predicted molar refractivity (Wildman–Crippen MR) is 155 cm³/mol. The molecular formula is C32H25N7. The third-order valence-corrected chi connectivity index (χ3v) is 6.90. The van der Waals surface area contributed by atoms with Crippen LogP contribution in [-0.4, -0.2) is 30.1 Å². The summed E-state index contributed by atoms with van der Waals surface area (Å²) in [7, 11) is 0. The zero-order valence-electron chi connectivity index (χ0n) is 21.1. The molecule has 3 aromatic carbocycles. The number of pyridine rings is 2. The van der Waals surface area contributed by atoms with Crippen molar-refractivity contribution in [1.29, 1.82) is 0 Å². The molecule has 0 saturated carbocycles. The van der Waals surface area contributed by atoms with Gasteiger partial charge in [0.1, 0.15) is 5.69 Å². The summed E-state index contributed by atoms with van der Waals surface area (Å²) in [4.78, 5) is 17.2. The van der Waals surface area contributed by atoms with Crippen LogP contribution in [0.1, 0.15) is 11.1 Å². The van der Waals surface area contributed by atoms with Gasteiger partial charge in [-0.05, 0) is 47.0 Å². The van der Waals surface area contributed by atoms with Crippen LogP contribution in [0, 0.1) is 0 Å². The fraction of sp³-hybridized carbons (Fsp3) is 0.0625. The minimum Gasteiger partial charge on any atom is -0.337 e. The lowest BCUT2D eigenvalue weighted by Crippen LogP contribution is -2.12.